The van der Waals surface area contributed by atoms with Gasteiger partial charge in [0, 0.05) is 0 Å². The second-order valence-corrected chi connectivity index (χ2v) is 11.4. The first-order valence-corrected chi connectivity index (χ1v) is 16.1. The summed E-state index contributed by atoms with van der Waals surface area (Å²) in [5.74, 6) is 0. The van der Waals surface area contributed by atoms with Gasteiger partial charge in [-0.3, -0.25) is 0 Å². The molecule has 4 N–H and O–H groups in total. The number of aromatic nitrogens is 16. The van der Waals surface area contributed by atoms with E-state index in [9.17, 15) is 0 Å². The fraction of sp³-hybridized carbons (Fsp3) is 0.152. The van der Waals surface area contributed by atoms with Crippen molar-refractivity contribution in [2.24, 2.45) is 5.41 Å². The van der Waals surface area contributed by atoms with Crippen molar-refractivity contribution in [3.8, 4) is 24.0 Å². The molecular weight excluding hydrogens is 684 g/mol. The minimum absolute atomic E-state index is 0.0904. The fourth-order valence-electron chi connectivity index (χ4n) is 6.40. The molecule has 20 nitrogen and oxygen atoms in total. The molecule has 0 saturated carbocycles. The number of rotatable bonds is 16. The first kappa shape index (κ1) is 32.6. The largest absolute Gasteiger partial charge is 0.452 e. The smallest absolute Gasteiger partial charge is 0.356 e. The number of nitrogens with zero attached hydrogens (tertiary/aromatic N) is 12. The second kappa shape index (κ2) is 15.1. The summed E-state index contributed by atoms with van der Waals surface area (Å²) in [6.45, 7) is 0. The van der Waals surface area contributed by atoms with Crippen LogP contribution in [0.2, 0.25) is 0 Å². The zero-order chi connectivity index (χ0) is 35.7. The van der Waals surface area contributed by atoms with Gasteiger partial charge in [-0.05, 0) is 43.1 Å². The molecule has 0 fully saturated rings. The van der Waals surface area contributed by atoms with Gasteiger partial charge < -0.3 is 18.9 Å². The molecule has 53 heavy (non-hydrogen) atoms. The predicted octanol–water partition coefficient (Wildman–Crippen LogP) is 3.31. The highest BCUT2D eigenvalue weighted by molar-refractivity contribution is 5.37. The van der Waals surface area contributed by atoms with Crippen LogP contribution in [0, 0.1) is 5.41 Å². The molecule has 0 amide bonds. The molecule has 0 radical (unpaired) electrons. The van der Waals surface area contributed by atoms with Crippen molar-refractivity contribution in [3.63, 3.8) is 0 Å². The SMILES string of the molecule is c1ccc(C(Oc2nn[nH]n2)C(C(Oc2nn[nH]n2)c2ccccc2)(C(Oc2nn[nH]n2)c2ccccc2)C(Oc2nn[nH]n2)c2ccccc2)cc1. The van der Waals surface area contributed by atoms with E-state index in [1.165, 1.54) is 0 Å². The number of nitrogens with one attached hydrogen (secondary N) is 4. The van der Waals surface area contributed by atoms with Crippen LogP contribution in [0.15, 0.2) is 121 Å². The van der Waals surface area contributed by atoms with E-state index in [-0.39, 0.29) is 24.0 Å². The van der Waals surface area contributed by atoms with Gasteiger partial charge >= 0.3 is 24.0 Å². The Labute approximate surface area is 298 Å². The summed E-state index contributed by atoms with van der Waals surface area (Å²) in [6, 6.07) is 37.3. The Balaban J connectivity index is 1.54. The molecule has 20 heteroatoms. The minimum Gasteiger partial charge on any atom is -0.452 e. The van der Waals surface area contributed by atoms with Gasteiger partial charge in [0.15, 0.2) is 0 Å². The lowest BCUT2D eigenvalue weighted by molar-refractivity contribution is -0.181. The third-order valence-corrected chi connectivity index (χ3v) is 8.42. The highest BCUT2D eigenvalue weighted by atomic mass is 16.6. The molecule has 4 unspecified atom stereocenters. The molecular formula is C33H28N16O4. The first-order chi connectivity index (χ1) is 26.3. The van der Waals surface area contributed by atoms with Crippen molar-refractivity contribution in [1.82, 2.24) is 82.5 Å². The Kier molecular flexibility index (Phi) is 9.27. The number of H-pyrrole nitrogens is 4. The number of hydrogen-bond donors (Lipinski definition) is 4. The van der Waals surface area contributed by atoms with Gasteiger partial charge in [-0.2, -0.15) is 20.9 Å². The van der Waals surface area contributed by atoms with Crippen LogP contribution in [0.1, 0.15) is 46.7 Å². The molecule has 4 atom stereocenters. The standard InChI is InChI=1S/C33H28N16O4/c1-5-13-21(14-6-1)25(50-29-34-42-43-35-29)33(26(22-15-7-2-8-16-22)51-30-36-44-45-37-30,27(23-17-9-3-10-18-23)52-31-38-46-47-39-31)28(24-19-11-4-12-20-24)53-32-40-48-49-41-32/h1-20,25-28H,(H,34,35,42,43)(H,36,37,44,45)(H,38,39,46,47)(H,40,41,48,49). The number of aromatic amines is 4. The number of benzene rings is 4. The quantitative estimate of drug-likeness (QED) is 0.112. The molecule has 0 spiro atoms. The van der Waals surface area contributed by atoms with E-state index in [0.29, 0.717) is 22.3 Å². The summed E-state index contributed by atoms with van der Waals surface area (Å²) in [5.41, 5.74) is 0.805. The summed E-state index contributed by atoms with van der Waals surface area (Å²) >= 11 is 0. The highest BCUT2D eigenvalue weighted by Crippen LogP contribution is 2.63. The summed E-state index contributed by atoms with van der Waals surface area (Å²) < 4.78 is 27.7. The normalized spacial score (nSPS) is 14.6. The molecule has 0 aliphatic carbocycles. The minimum atomic E-state index is -1.71. The first-order valence-electron chi connectivity index (χ1n) is 16.1. The van der Waals surface area contributed by atoms with E-state index in [2.05, 4.69) is 82.5 Å². The molecule has 0 saturated heterocycles. The van der Waals surface area contributed by atoms with Crippen LogP contribution in [0.4, 0.5) is 0 Å². The second-order valence-electron chi connectivity index (χ2n) is 11.4. The summed E-state index contributed by atoms with van der Waals surface area (Å²) in [7, 11) is 0. The Hall–Kier alpha value is -7.64. The molecule has 0 aliphatic rings. The van der Waals surface area contributed by atoms with E-state index in [1.54, 1.807) is 0 Å². The van der Waals surface area contributed by atoms with Gasteiger partial charge in [-0.15, -0.1) is 0 Å². The summed E-state index contributed by atoms with van der Waals surface area (Å²) in [5, 5.41) is 58.8. The molecule has 8 rings (SSSR count). The van der Waals surface area contributed by atoms with Crippen LogP contribution in [-0.2, 0) is 0 Å². The Bertz CT molecular complexity index is 1890. The zero-order valence-corrected chi connectivity index (χ0v) is 27.4. The average Bonchev–Trinajstić information content (AvgIpc) is 4.08. The van der Waals surface area contributed by atoms with Gasteiger partial charge in [-0.25, -0.2) is 0 Å². The van der Waals surface area contributed by atoms with Crippen molar-refractivity contribution in [1.29, 1.82) is 0 Å². The van der Waals surface area contributed by atoms with Crippen LogP contribution in [0.3, 0.4) is 0 Å². The topological polar surface area (TPSA) is 255 Å². The molecule has 8 aromatic rings. The van der Waals surface area contributed by atoms with E-state index >= 15 is 0 Å². The third kappa shape index (κ3) is 6.78. The average molecular weight is 713 g/mol. The van der Waals surface area contributed by atoms with E-state index < -0.39 is 29.8 Å². The highest BCUT2D eigenvalue weighted by Gasteiger charge is 2.65. The van der Waals surface area contributed by atoms with Gasteiger partial charge in [0.1, 0.15) is 29.8 Å². The molecule has 0 aliphatic heterocycles. The van der Waals surface area contributed by atoms with Gasteiger partial charge in [-0.1, -0.05) is 162 Å². The van der Waals surface area contributed by atoms with Crippen LogP contribution in [0.5, 0.6) is 24.0 Å². The monoisotopic (exact) mass is 712 g/mol. The molecule has 264 valence electrons. The van der Waals surface area contributed by atoms with E-state index in [0.717, 1.165) is 0 Å². The Morgan fingerprint density at radius 1 is 0.340 bits per heavy atom. The fourth-order valence-corrected chi connectivity index (χ4v) is 6.40. The predicted molar refractivity (Wildman–Crippen MR) is 178 cm³/mol. The molecule has 4 aromatic heterocycles. The Morgan fingerprint density at radius 2 is 0.566 bits per heavy atom. The van der Waals surface area contributed by atoms with E-state index in [4.69, 9.17) is 18.9 Å². The zero-order valence-electron chi connectivity index (χ0n) is 27.4. The number of tetrazole rings is 4. The van der Waals surface area contributed by atoms with Crippen molar-refractivity contribution in [2.75, 3.05) is 0 Å². The molecule has 4 aromatic carbocycles. The Morgan fingerprint density at radius 3 is 0.755 bits per heavy atom. The van der Waals surface area contributed by atoms with Gasteiger partial charge in [0.25, 0.3) is 0 Å². The molecule has 0 bridgehead atoms. The summed E-state index contributed by atoms with van der Waals surface area (Å²) in [6.07, 6.45) is -4.64. The van der Waals surface area contributed by atoms with Gasteiger partial charge in [0.2, 0.25) is 0 Å². The van der Waals surface area contributed by atoms with Crippen LogP contribution in [-0.4, -0.2) is 82.5 Å². The van der Waals surface area contributed by atoms with Crippen LogP contribution < -0.4 is 18.9 Å². The number of ether oxygens (including phenoxy) is 4. The lowest BCUT2D eigenvalue weighted by atomic mass is 9.61. The lowest BCUT2D eigenvalue weighted by Crippen LogP contribution is -2.53. The maximum Gasteiger partial charge on any atom is 0.356 e. The maximum atomic E-state index is 6.92. The van der Waals surface area contributed by atoms with Crippen molar-refractivity contribution in [3.05, 3.63) is 144 Å². The lowest BCUT2D eigenvalue weighted by Gasteiger charge is -2.51. The van der Waals surface area contributed by atoms with Crippen molar-refractivity contribution in [2.45, 2.75) is 24.4 Å². The summed E-state index contributed by atoms with van der Waals surface area (Å²) in [4.78, 5) is 0. The van der Waals surface area contributed by atoms with E-state index in [1.807, 2.05) is 121 Å². The maximum absolute atomic E-state index is 6.92. The third-order valence-electron chi connectivity index (χ3n) is 8.42. The van der Waals surface area contributed by atoms with Crippen molar-refractivity contribution < 1.29 is 18.9 Å². The van der Waals surface area contributed by atoms with Crippen LogP contribution in [0.25, 0.3) is 0 Å². The van der Waals surface area contributed by atoms with Gasteiger partial charge in [0.05, 0.1) is 0 Å². The number of hydrogen-bond acceptors (Lipinski definition) is 16. The van der Waals surface area contributed by atoms with Crippen LogP contribution >= 0.6 is 0 Å². The van der Waals surface area contributed by atoms with Crippen molar-refractivity contribution >= 4 is 0 Å². The molecule has 4 heterocycles.